The lowest BCUT2D eigenvalue weighted by Crippen LogP contribution is -1.95. The first kappa shape index (κ1) is 9.16. The molecule has 0 aliphatic carbocycles. The van der Waals surface area contributed by atoms with Crippen LogP contribution in [0.4, 0.5) is 0 Å². The zero-order valence-corrected chi connectivity index (χ0v) is 7.33. The molecule has 12 heavy (non-hydrogen) atoms. The Morgan fingerprint density at radius 1 is 1.42 bits per heavy atom. The summed E-state index contributed by atoms with van der Waals surface area (Å²) in [6.45, 7) is 0.658. The Kier molecular flexibility index (Phi) is 3.70. The van der Waals surface area contributed by atoms with Crippen molar-refractivity contribution in [3.8, 4) is 0 Å². The Labute approximate surface area is 76.3 Å². The van der Waals surface area contributed by atoms with Crippen LogP contribution in [0.5, 0.6) is 0 Å². The molecule has 2 N–H and O–H groups in total. The SMILES string of the molecule is NCCC=Cc1cnc(Cl)nc1. The molecule has 1 aromatic heterocycles. The van der Waals surface area contributed by atoms with Gasteiger partial charge in [-0.1, -0.05) is 12.2 Å². The summed E-state index contributed by atoms with van der Waals surface area (Å²) in [5.41, 5.74) is 6.25. The van der Waals surface area contributed by atoms with Crippen LogP contribution in [0.1, 0.15) is 12.0 Å². The first-order valence-electron chi connectivity index (χ1n) is 3.67. The normalized spacial score (nSPS) is 10.8. The van der Waals surface area contributed by atoms with Gasteiger partial charge in [-0.3, -0.25) is 0 Å². The van der Waals surface area contributed by atoms with Gasteiger partial charge in [-0.2, -0.15) is 0 Å². The number of hydrogen-bond acceptors (Lipinski definition) is 3. The van der Waals surface area contributed by atoms with Crippen molar-refractivity contribution >= 4 is 17.7 Å². The predicted octanol–water partition coefficient (Wildman–Crippen LogP) is 1.49. The molecule has 0 radical (unpaired) electrons. The quantitative estimate of drug-likeness (QED) is 0.723. The van der Waals surface area contributed by atoms with Crippen molar-refractivity contribution in [3.05, 3.63) is 29.3 Å². The van der Waals surface area contributed by atoms with E-state index in [0.29, 0.717) is 6.54 Å². The molecule has 0 unspecified atom stereocenters. The number of nitrogens with zero attached hydrogens (tertiary/aromatic N) is 2. The monoisotopic (exact) mass is 183 g/mol. The lowest BCUT2D eigenvalue weighted by atomic mass is 10.3. The summed E-state index contributed by atoms with van der Waals surface area (Å²) in [7, 11) is 0. The van der Waals surface area contributed by atoms with Gasteiger partial charge < -0.3 is 5.73 Å². The van der Waals surface area contributed by atoms with Crippen LogP contribution in [0.2, 0.25) is 5.28 Å². The molecule has 0 aromatic carbocycles. The van der Waals surface area contributed by atoms with Crippen molar-refractivity contribution in [3.63, 3.8) is 0 Å². The fourth-order valence-corrected chi connectivity index (χ4v) is 0.822. The Balaban J connectivity index is 2.58. The van der Waals surface area contributed by atoms with Crippen molar-refractivity contribution in [1.82, 2.24) is 9.97 Å². The van der Waals surface area contributed by atoms with E-state index < -0.39 is 0 Å². The van der Waals surface area contributed by atoms with Crippen molar-refractivity contribution in [2.24, 2.45) is 5.73 Å². The maximum Gasteiger partial charge on any atom is 0.222 e. The molecule has 0 saturated carbocycles. The number of nitrogens with two attached hydrogens (primary N) is 1. The molecule has 0 amide bonds. The van der Waals surface area contributed by atoms with Gasteiger partial charge in [0.15, 0.2) is 0 Å². The maximum absolute atomic E-state index is 5.51. The van der Waals surface area contributed by atoms with Gasteiger partial charge in [0.25, 0.3) is 0 Å². The van der Waals surface area contributed by atoms with E-state index in [0.717, 1.165) is 12.0 Å². The van der Waals surface area contributed by atoms with Gasteiger partial charge in [-0.15, -0.1) is 0 Å². The third-order valence-corrected chi connectivity index (χ3v) is 1.48. The lowest BCUT2D eigenvalue weighted by molar-refractivity contribution is 1.01. The van der Waals surface area contributed by atoms with Crippen LogP contribution in [0.3, 0.4) is 0 Å². The molecule has 0 atom stereocenters. The van der Waals surface area contributed by atoms with Crippen molar-refractivity contribution < 1.29 is 0 Å². The summed E-state index contributed by atoms with van der Waals surface area (Å²) in [4.78, 5) is 7.66. The molecule has 64 valence electrons. The van der Waals surface area contributed by atoms with Gasteiger partial charge in [0.05, 0.1) is 0 Å². The van der Waals surface area contributed by atoms with E-state index in [1.807, 2.05) is 12.2 Å². The van der Waals surface area contributed by atoms with Gasteiger partial charge in [0, 0.05) is 18.0 Å². The fraction of sp³-hybridized carbons (Fsp3) is 0.250. The first-order chi connectivity index (χ1) is 5.83. The van der Waals surface area contributed by atoms with E-state index in [-0.39, 0.29) is 5.28 Å². The van der Waals surface area contributed by atoms with Gasteiger partial charge in [-0.25, -0.2) is 9.97 Å². The largest absolute Gasteiger partial charge is 0.330 e. The van der Waals surface area contributed by atoms with Gasteiger partial charge in [0.2, 0.25) is 5.28 Å². The van der Waals surface area contributed by atoms with Crippen molar-refractivity contribution in [2.75, 3.05) is 6.54 Å². The minimum Gasteiger partial charge on any atom is -0.330 e. The third kappa shape index (κ3) is 2.98. The second-order valence-corrected chi connectivity index (χ2v) is 2.60. The highest BCUT2D eigenvalue weighted by atomic mass is 35.5. The summed E-state index contributed by atoms with van der Waals surface area (Å²) in [6, 6.07) is 0. The van der Waals surface area contributed by atoms with E-state index in [2.05, 4.69) is 9.97 Å². The van der Waals surface area contributed by atoms with Gasteiger partial charge in [-0.05, 0) is 24.6 Å². The van der Waals surface area contributed by atoms with Gasteiger partial charge in [0.1, 0.15) is 0 Å². The Morgan fingerprint density at radius 3 is 2.67 bits per heavy atom. The highest BCUT2D eigenvalue weighted by molar-refractivity contribution is 6.28. The molecule has 1 heterocycles. The summed E-state index contributed by atoms with van der Waals surface area (Å²) in [5.74, 6) is 0. The van der Waals surface area contributed by atoms with Crippen LogP contribution >= 0.6 is 11.6 Å². The Bertz CT molecular complexity index is 256. The van der Waals surface area contributed by atoms with Crippen molar-refractivity contribution in [1.29, 1.82) is 0 Å². The Hall–Kier alpha value is -0.930. The van der Waals surface area contributed by atoms with Crippen LogP contribution in [0.15, 0.2) is 18.5 Å². The molecule has 0 saturated heterocycles. The molecule has 4 heteroatoms. The number of aromatic nitrogens is 2. The maximum atomic E-state index is 5.51. The second-order valence-electron chi connectivity index (χ2n) is 2.27. The Morgan fingerprint density at radius 2 is 2.08 bits per heavy atom. The zero-order valence-electron chi connectivity index (χ0n) is 6.57. The number of halogens is 1. The summed E-state index contributed by atoms with van der Waals surface area (Å²) < 4.78 is 0. The molecule has 1 rings (SSSR count). The van der Waals surface area contributed by atoms with E-state index in [4.69, 9.17) is 17.3 Å². The average molecular weight is 184 g/mol. The summed E-state index contributed by atoms with van der Waals surface area (Å²) in [6.07, 6.45) is 8.10. The lowest BCUT2D eigenvalue weighted by Gasteiger charge is -1.91. The van der Waals surface area contributed by atoms with E-state index in [1.54, 1.807) is 12.4 Å². The molecule has 3 nitrogen and oxygen atoms in total. The smallest absolute Gasteiger partial charge is 0.222 e. The van der Waals surface area contributed by atoms with Crippen LogP contribution in [-0.4, -0.2) is 16.5 Å². The van der Waals surface area contributed by atoms with Crippen LogP contribution in [0, 0.1) is 0 Å². The molecular weight excluding hydrogens is 174 g/mol. The number of hydrogen-bond donors (Lipinski definition) is 1. The molecule has 0 fully saturated rings. The summed E-state index contributed by atoms with van der Waals surface area (Å²) in [5, 5.41) is 0.269. The zero-order chi connectivity index (χ0) is 8.81. The van der Waals surface area contributed by atoms with Crippen LogP contribution in [0.25, 0.3) is 6.08 Å². The molecular formula is C8H10ClN3. The standard InChI is InChI=1S/C8H10ClN3/c9-8-11-5-7(6-12-8)3-1-2-4-10/h1,3,5-6H,2,4,10H2. The topological polar surface area (TPSA) is 51.8 Å². The van der Waals surface area contributed by atoms with Crippen LogP contribution in [-0.2, 0) is 0 Å². The molecule has 0 spiro atoms. The molecule has 0 aliphatic rings. The average Bonchev–Trinajstić information content (AvgIpc) is 2.09. The first-order valence-corrected chi connectivity index (χ1v) is 4.05. The van der Waals surface area contributed by atoms with E-state index >= 15 is 0 Å². The number of rotatable bonds is 3. The predicted molar refractivity (Wildman–Crippen MR) is 49.7 cm³/mol. The van der Waals surface area contributed by atoms with Crippen LogP contribution < -0.4 is 5.73 Å². The molecule has 0 bridgehead atoms. The van der Waals surface area contributed by atoms with E-state index in [1.165, 1.54) is 0 Å². The highest BCUT2D eigenvalue weighted by Crippen LogP contribution is 2.02. The molecule has 1 aromatic rings. The third-order valence-electron chi connectivity index (χ3n) is 1.28. The molecule has 0 aliphatic heterocycles. The highest BCUT2D eigenvalue weighted by Gasteiger charge is 1.88. The van der Waals surface area contributed by atoms with E-state index in [9.17, 15) is 0 Å². The summed E-state index contributed by atoms with van der Waals surface area (Å²) >= 11 is 5.51. The minimum absolute atomic E-state index is 0.269. The fourth-order valence-electron chi connectivity index (χ4n) is 0.724. The minimum atomic E-state index is 0.269. The second kappa shape index (κ2) is 4.85. The van der Waals surface area contributed by atoms with Gasteiger partial charge >= 0.3 is 0 Å². The van der Waals surface area contributed by atoms with Crippen molar-refractivity contribution in [2.45, 2.75) is 6.42 Å².